The number of amides is 1. The molecule has 5 nitrogen and oxygen atoms in total. The lowest BCUT2D eigenvalue weighted by Crippen LogP contribution is -2.28. The van der Waals surface area contributed by atoms with Crippen molar-refractivity contribution in [2.24, 2.45) is 0 Å². The number of fused-ring (bicyclic) bond motifs is 1. The first kappa shape index (κ1) is 16.4. The Morgan fingerprint density at radius 2 is 1.85 bits per heavy atom. The average Bonchev–Trinajstić information content (AvgIpc) is 3.20. The zero-order chi connectivity index (χ0) is 18.1. The summed E-state index contributed by atoms with van der Waals surface area (Å²) in [6.07, 6.45) is 2.32. The molecule has 6 heteroatoms. The molecule has 1 aliphatic rings. The van der Waals surface area contributed by atoms with Crippen molar-refractivity contribution in [3.63, 3.8) is 0 Å². The second kappa shape index (κ2) is 6.71. The fourth-order valence-corrected chi connectivity index (χ4v) is 3.44. The molecule has 1 aromatic heterocycles. The Labute approximate surface area is 149 Å². The van der Waals surface area contributed by atoms with E-state index >= 15 is 0 Å². The first-order chi connectivity index (χ1) is 12.6. The first-order valence-corrected chi connectivity index (χ1v) is 8.67. The van der Waals surface area contributed by atoms with Crippen LogP contribution in [-0.2, 0) is 6.42 Å². The molecule has 26 heavy (non-hydrogen) atoms. The lowest BCUT2D eigenvalue weighted by molar-refractivity contribution is 0.0788. The molecular formula is C20H18FN3O2. The van der Waals surface area contributed by atoms with Gasteiger partial charge in [-0.2, -0.15) is 5.10 Å². The van der Waals surface area contributed by atoms with Crippen LogP contribution in [0.1, 0.15) is 34.5 Å². The fraction of sp³-hybridized carbons (Fsp3) is 0.250. The van der Waals surface area contributed by atoms with E-state index in [2.05, 4.69) is 10.2 Å². The highest BCUT2D eigenvalue weighted by atomic mass is 19.1. The Balaban J connectivity index is 1.69. The number of nitrogens with one attached hydrogen (secondary N) is 1. The Bertz CT molecular complexity index is 1040. The zero-order valence-electron chi connectivity index (χ0n) is 14.2. The van der Waals surface area contributed by atoms with Gasteiger partial charge in [0.1, 0.15) is 5.82 Å². The summed E-state index contributed by atoms with van der Waals surface area (Å²) >= 11 is 0. The van der Waals surface area contributed by atoms with Gasteiger partial charge in [-0.25, -0.2) is 9.49 Å². The number of likely N-dealkylation sites (tertiary alicyclic amines) is 1. The van der Waals surface area contributed by atoms with Crippen LogP contribution >= 0.6 is 0 Å². The maximum Gasteiger partial charge on any atom is 0.272 e. The second-order valence-electron chi connectivity index (χ2n) is 6.54. The second-order valence-corrected chi connectivity index (χ2v) is 6.54. The van der Waals surface area contributed by atoms with Gasteiger partial charge < -0.3 is 4.90 Å². The summed E-state index contributed by atoms with van der Waals surface area (Å²) in [6, 6.07) is 11.8. The van der Waals surface area contributed by atoms with Gasteiger partial charge in [0.15, 0.2) is 0 Å². The van der Waals surface area contributed by atoms with Crippen molar-refractivity contribution in [1.29, 1.82) is 0 Å². The number of nitrogens with zero attached hydrogens (tertiary/aromatic N) is 2. The van der Waals surface area contributed by atoms with Crippen LogP contribution in [-0.4, -0.2) is 34.1 Å². The summed E-state index contributed by atoms with van der Waals surface area (Å²) in [5.41, 5.74) is 1.32. The number of hydrogen-bond acceptors (Lipinski definition) is 3. The molecule has 1 N–H and O–H groups in total. The molecular weight excluding hydrogens is 333 g/mol. The highest BCUT2D eigenvalue weighted by molar-refractivity contribution is 5.95. The number of H-pyrrole nitrogens is 1. The van der Waals surface area contributed by atoms with E-state index in [-0.39, 0.29) is 17.0 Å². The van der Waals surface area contributed by atoms with Crippen LogP contribution in [0.5, 0.6) is 0 Å². The minimum atomic E-state index is -0.509. The van der Waals surface area contributed by atoms with Gasteiger partial charge in [0, 0.05) is 24.9 Å². The van der Waals surface area contributed by atoms with Crippen LogP contribution < -0.4 is 5.56 Å². The Hall–Kier alpha value is -3.02. The highest BCUT2D eigenvalue weighted by Crippen LogP contribution is 2.20. The van der Waals surface area contributed by atoms with E-state index in [0.29, 0.717) is 30.6 Å². The lowest BCUT2D eigenvalue weighted by atomic mass is 10.0. The summed E-state index contributed by atoms with van der Waals surface area (Å²) in [6.45, 7) is 1.35. The molecule has 3 aromatic rings. The summed E-state index contributed by atoms with van der Waals surface area (Å²) in [4.78, 5) is 26.1. The van der Waals surface area contributed by atoms with Crippen molar-refractivity contribution >= 4 is 16.7 Å². The van der Waals surface area contributed by atoms with Crippen LogP contribution in [0.25, 0.3) is 10.8 Å². The van der Waals surface area contributed by atoms with Gasteiger partial charge in [0.25, 0.3) is 11.5 Å². The van der Waals surface area contributed by atoms with Crippen molar-refractivity contribution in [3.8, 4) is 0 Å². The van der Waals surface area contributed by atoms with E-state index < -0.39 is 5.82 Å². The standard InChI is InChI=1S/C20H18FN3O2/c21-17-8-7-13(11-16(17)20(26)24-9-3-4-10-24)12-18-14-5-1-2-6-15(14)19(25)23-22-18/h1-2,5-8,11H,3-4,9-10,12H2,(H,23,25). The molecule has 0 saturated carbocycles. The molecule has 1 saturated heterocycles. The molecule has 0 aliphatic carbocycles. The third kappa shape index (κ3) is 2.98. The van der Waals surface area contributed by atoms with Gasteiger partial charge in [0.2, 0.25) is 0 Å². The first-order valence-electron chi connectivity index (χ1n) is 8.67. The molecule has 0 spiro atoms. The van der Waals surface area contributed by atoms with E-state index in [1.807, 2.05) is 12.1 Å². The van der Waals surface area contributed by atoms with Gasteiger partial charge in [-0.1, -0.05) is 24.3 Å². The number of rotatable bonds is 3. The number of carbonyl (C=O) groups excluding carboxylic acids is 1. The topological polar surface area (TPSA) is 66.1 Å². The monoisotopic (exact) mass is 351 g/mol. The molecule has 4 rings (SSSR count). The van der Waals surface area contributed by atoms with Crippen LogP contribution in [0.3, 0.4) is 0 Å². The molecule has 2 aromatic carbocycles. The number of aromatic nitrogens is 2. The zero-order valence-corrected chi connectivity index (χ0v) is 14.2. The van der Waals surface area contributed by atoms with Crippen molar-refractivity contribution in [3.05, 3.63) is 75.5 Å². The molecule has 132 valence electrons. The minimum absolute atomic E-state index is 0.0955. The lowest BCUT2D eigenvalue weighted by Gasteiger charge is -2.16. The quantitative estimate of drug-likeness (QED) is 0.789. The molecule has 1 amide bonds. The van der Waals surface area contributed by atoms with Crippen LogP contribution in [0.2, 0.25) is 0 Å². The summed E-state index contributed by atoms with van der Waals surface area (Å²) in [5, 5.41) is 7.97. The molecule has 1 fully saturated rings. The Morgan fingerprint density at radius 3 is 2.62 bits per heavy atom. The number of hydrogen-bond donors (Lipinski definition) is 1. The van der Waals surface area contributed by atoms with Crippen molar-refractivity contribution in [2.75, 3.05) is 13.1 Å². The fourth-order valence-electron chi connectivity index (χ4n) is 3.44. The van der Waals surface area contributed by atoms with Crippen LogP contribution in [0.15, 0.2) is 47.3 Å². The van der Waals surface area contributed by atoms with Gasteiger partial charge in [-0.3, -0.25) is 9.59 Å². The Morgan fingerprint density at radius 1 is 1.12 bits per heavy atom. The third-order valence-corrected chi connectivity index (χ3v) is 4.80. The van der Waals surface area contributed by atoms with Crippen molar-refractivity contribution in [2.45, 2.75) is 19.3 Å². The number of halogens is 1. The van der Waals surface area contributed by atoms with Gasteiger partial charge >= 0.3 is 0 Å². The van der Waals surface area contributed by atoms with Crippen molar-refractivity contribution < 1.29 is 9.18 Å². The molecule has 0 atom stereocenters. The third-order valence-electron chi connectivity index (χ3n) is 4.80. The van der Waals surface area contributed by atoms with Gasteiger partial charge in [0.05, 0.1) is 16.6 Å². The molecule has 0 radical (unpaired) electrons. The SMILES string of the molecule is O=C(c1cc(Cc2n[nH]c(=O)c3ccccc23)ccc1F)N1CCCC1. The summed E-state index contributed by atoms with van der Waals surface area (Å²) in [5.74, 6) is -0.772. The predicted molar refractivity (Wildman–Crippen MR) is 96.7 cm³/mol. The van der Waals surface area contributed by atoms with E-state index in [9.17, 15) is 14.0 Å². The highest BCUT2D eigenvalue weighted by Gasteiger charge is 2.22. The van der Waals surface area contributed by atoms with Crippen LogP contribution in [0.4, 0.5) is 4.39 Å². The number of aromatic amines is 1. The molecule has 0 bridgehead atoms. The van der Waals surface area contributed by atoms with Gasteiger partial charge in [-0.15, -0.1) is 0 Å². The largest absolute Gasteiger partial charge is 0.339 e. The normalized spacial score (nSPS) is 14.1. The van der Waals surface area contributed by atoms with E-state index in [1.165, 1.54) is 6.07 Å². The minimum Gasteiger partial charge on any atom is -0.339 e. The maximum absolute atomic E-state index is 14.2. The Kier molecular flexibility index (Phi) is 4.24. The average molecular weight is 351 g/mol. The van der Waals surface area contributed by atoms with Gasteiger partial charge in [-0.05, 0) is 36.6 Å². The molecule has 1 aliphatic heterocycles. The van der Waals surface area contributed by atoms with Crippen LogP contribution in [0, 0.1) is 5.82 Å². The molecule has 0 unspecified atom stereocenters. The number of carbonyl (C=O) groups is 1. The van der Waals surface area contributed by atoms with E-state index in [1.54, 1.807) is 29.2 Å². The van der Waals surface area contributed by atoms with E-state index in [4.69, 9.17) is 0 Å². The summed E-state index contributed by atoms with van der Waals surface area (Å²) < 4.78 is 14.2. The predicted octanol–water partition coefficient (Wildman–Crippen LogP) is 2.89. The van der Waals surface area contributed by atoms with E-state index in [0.717, 1.165) is 23.8 Å². The maximum atomic E-state index is 14.2. The van der Waals surface area contributed by atoms with Crippen molar-refractivity contribution in [1.82, 2.24) is 15.1 Å². The summed E-state index contributed by atoms with van der Waals surface area (Å²) in [7, 11) is 0. The smallest absolute Gasteiger partial charge is 0.272 e. The number of benzene rings is 2. The molecule has 2 heterocycles.